The van der Waals surface area contributed by atoms with E-state index in [-0.39, 0.29) is 18.2 Å². The van der Waals surface area contributed by atoms with Crippen LogP contribution in [0.3, 0.4) is 0 Å². The van der Waals surface area contributed by atoms with E-state index in [4.69, 9.17) is 4.74 Å². The lowest BCUT2D eigenvalue weighted by Gasteiger charge is -2.20. The second kappa shape index (κ2) is 7.05. The Morgan fingerprint density at radius 2 is 1.90 bits per heavy atom. The molecule has 0 spiro atoms. The standard InChI is InChI=1S/C17H24N2OS/c1-11(2)20-16-8-6-7-15(9-16)12(3)18-13(4)17-10-21-14(5)19-17/h6-13,18H,1-5H3. The monoisotopic (exact) mass is 304 g/mol. The highest BCUT2D eigenvalue weighted by Gasteiger charge is 2.14. The number of ether oxygens (including phenoxy) is 1. The van der Waals surface area contributed by atoms with E-state index in [0.29, 0.717) is 0 Å². The molecule has 3 nitrogen and oxygen atoms in total. The smallest absolute Gasteiger partial charge is 0.120 e. The van der Waals surface area contributed by atoms with Crippen LogP contribution < -0.4 is 10.1 Å². The highest BCUT2D eigenvalue weighted by atomic mass is 32.1. The van der Waals surface area contributed by atoms with Crippen molar-refractivity contribution in [2.24, 2.45) is 0 Å². The highest BCUT2D eigenvalue weighted by molar-refractivity contribution is 7.09. The van der Waals surface area contributed by atoms with Crippen LogP contribution in [0.4, 0.5) is 0 Å². The molecule has 2 aromatic rings. The molecule has 0 bridgehead atoms. The zero-order valence-corrected chi connectivity index (χ0v) is 14.2. The third kappa shape index (κ3) is 4.55. The first-order valence-electron chi connectivity index (χ1n) is 7.40. The summed E-state index contributed by atoms with van der Waals surface area (Å²) in [7, 11) is 0. The van der Waals surface area contributed by atoms with Gasteiger partial charge in [-0.05, 0) is 52.3 Å². The topological polar surface area (TPSA) is 34.2 Å². The maximum absolute atomic E-state index is 5.76. The molecule has 0 saturated heterocycles. The van der Waals surface area contributed by atoms with Crippen molar-refractivity contribution in [2.75, 3.05) is 0 Å². The number of nitrogens with one attached hydrogen (secondary N) is 1. The van der Waals surface area contributed by atoms with E-state index < -0.39 is 0 Å². The molecule has 0 aliphatic rings. The van der Waals surface area contributed by atoms with E-state index >= 15 is 0 Å². The molecule has 1 aromatic carbocycles. The molecule has 2 unspecified atom stereocenters. The number of benzene rings is 1. The summed E-state index contributed by atoms with van der Waals surface area (Å²) >= 11 is 1.69. The minimum absolute atomic E-state index is 0.195. The predicted molar refractivity (Wildman–Crippen MR) is 89.0 cm³/mol. The molecule has 2 rings (SSSR count). The summed E-state index contributed by atoms with van der Waals surface area (Å²) in [6.07, 6.45) is 0.195. The molecule has 1 N–H and O–H groups in total. The van der Waals surface area contributed by atoms with E-state index in [0.717, 1.165) is 16.5 Å². The van der Waals surface area contributed by atoms with Crippen LogP contribution in [0.25, 0.3) is 0 Å². The summed E-state index contributed by atoms with van der Waals surface area (Å²) in [5.41, 5.74) is 2.34. The van der Waals surface area contributed by atoms with Crippen molar-refractivity contribution < 1.29 is 4.74 Å². The Kier molecular flexibility index (Phi) is 5.37. The fourth-order valence-corrected chi connectivity index (χ4v) is 2.97. The summed E-state index contributed by atoms with van der Waals surface area (Å²) in [6, 6.07) is 8.77. The van der Waals surface area contributed by atoms with E-state index in [9.17, 15) is 0 Å². The Bertz CT molecular complexity index is 580. The Balaban J connectivity index is 2.04. The van der Waals surface area contributed by atoms with Crippen LogP contribution in [0.15, 0.2) is 29.6 Å². The maximum Gasteiger partial charge on any atom is 0.120 e. The molecule has 4 heteroatoms. The Hall–Kier alpha value is -1.39. The lowest BCUT2D eigenvalue weighted by molar-refractivity contribution is 0.242. The summed E-state index contributed by atoms with van der Waals surface area (Å²) in [6.45, 7) is 10.4. The molecule has 0 amide bonds. The fraction of sp³-hybridized carbons (Fsp3) is 0.471. The van der Waals surface area contributed by atoms with Gasteiger partial charge in [0.05, 0.1) is 16.8 Å². The van der Waals surface area contributed by atoms with Gasteiger partial charge >= 0.3 is 0 Å². The molecule has 0 radical (unpaired) electrons. The van der Waals surface area contributed by atoms with E-state index in [2.05, 4.69) is 41.7 Å². The average molecular weight is 304 g/mol. The first kappa shape index (κ1) is 16.0. The number of thiazole rings is 1. The SMILES string of the molecule is Cc1nc(C(C)NC(C)c2cccc(OC(C)C)c2)cs1. The first-order valence-corrected chi connectivity index (χ1v) is 8.28. The van der Waals surface area contributed by atoms with E-state index in [1.165, 1.54) is 5.56 Å². The molecule has 1 aromatic heterocycles. The van der Waals surface area contributed by atoms with Gasteiger partial charge in [0.2, 0.25) is 0 Å². The van der Waals surface area contributed by atoms with Gasteiger partial charge in [-0.3, -0.25) is 0 Å². The van der Waals surface area contributed by atoms with Crippen molar-refractivity contribution >= 4 is 11.3 Å². The predicted octanol–water partition coefficient (Wildman–Crippen LogP) is 4.65. The Morgan fingerprint density at radius 3 is 2.52 bits per heavy atom. The third-order valence-electron chi connectivity index (χ3n) is 3.31. The van der Waals surface area contributed by atoms with Crippen LogP contribution in [-0.4, -0.2) is 11.1 Å². The number of aromatic nitrogens is 1. The van der Waals surface area contributed by atoms with E-state index in [1.54, 1.807) is 11.3 Å². The van der Waals surface area contributed by atoms with Crippen LogP contribution in [0.5, 0.6) is 5.75 Å². The summed E-state index contributed by atoms with van der Waals surface area (Å²) in [5, 5.41) is 6.83. The minimum Gasteiger partial charge on any atom is -0.491 e. The van der Waals surface area contributed by atoms with Crippen molar-refractivity contribution in [3.8, 4) is 5.75 Å². The van der Waals surface area contributed by atoms with Gasteiger partial charge in [-0.2, -0.15) is 0 Å². The molecule has 0 aliphatic heterocycles. The van der Waals surface area contributed by atoms with Gasteiger partial charge in [0, 0.05) is 17.5 Å². The number of hydrogen-bond donors (Lipinski definition) is 1. The largest absolute Gasteiger partial charge is 0.491 e. The van der Waals surface area contributed by atoms with Gasteiger partial charge in [-0.25, -0.2) is 4.98 Å². The summed E-state index contributed by atoms with van der Waals surface area (Å²) in [5.74, 6) is 0.924. The van der Waals surface area contributed by atoms with Crippen LogP contribution >= 0.6 is 11.3 Å². The van der Waals surface area contributed by atoms with Gasteiger partial charge in [0.25, 0.3) is 0 Å². The number of hydrogen-bond acceptors (Lipinski definition) is 4. The van der Waals surface area contributed by atoms with Crippen molar-refractivity contribution in [3.63, 3.8) is 0 Å². The first-order chi connectivity index (χ1) is 9.95. The molecular weight excluding hydrogens is 280 g/mol. The second-order valence-corrected chi connectivity index (χ2v) is 6.70. The van der Waals surface area contributed by atoms with Gasteiger partial charge < -0.3 is 10.1 Å². The van der Waals surface area contributed by atoms with Gasteiger partial charge in [0.1, 0.15) is 5.75 Å². The molecule has 0 fully saturated rings. The Labute approximate surface area is 131 Å². The molecule has 2 atom stereocenters. The lowest BCUT2D eigenvalue weighted by Crippen LogP contribution is -2.22. The molecule has 114 valence electrons. The normalized spacial score (nSPS) is 14.2. The Morgan fingerprint density at radius 1 is 1.14 bits per heavy atom. The van der Waals surface area contributed by atoms with Crippen LogP contribution in [0, 0.1) is 6.92 Å². The van der Waals surface area contributed by atoms with Crippen molar-refractivity contribution in [1.29, 1.82) is 0 Å². The quantitative estimate of drug-likeness (QED) is 0.843. The average Bonchev–Trinajstić information content (AvgIpc) is 2.85. The van der Waals surface area contributed by atoms with Crippen LogP contribution in [-0.2, 0) is 0 Å². The number of nitrogens with zero attached hydrogens (tertiary/aromatic N) is 1. The highest BCUT2D eigenvalue weighted by Crippen LogP contribution is 2.23. The van der Waals surface area contributed by atoms with Crippen molar-refractivity contribution in [1.82, 2.24) is 10.3 Å². The van der Waals surface area contributed by atoms with Gasteiger partial charge in [-0.15, -0.1) is 11.3 Å². The van der Waals surface area contributed by atoms with Crippen molar-refractivity contribution in [3.05, 3.63) is 45.9 Å². The zero-order chi connectivity index (χ0) is 15.4. The van der Waals surface area contributed by atoms with Crippen LogP contribution in [0.1, 0.15) is 56.0 Å². The van der Waals surface area contributed by atoms with Gasteiger partial charge in [0.15, 0.2) is 0 Å². The molecule has 0 aliphatic carbocycles. The zero-order valence-electron chi connectivity index (χ0n) is 13.4. The summed E-state index contributed by atoms with van der Waals surface area (Å²) < 4.78 is 5.76. The minimum atomic E-state index is 0.195. The molecule has 1 heterocycles. The molecule has 21 heavy (non-hydrogen) atoms. The number of rotatable bonds is 6. The van der Waals surface area contributed by atoms with Gasteiger partial charge in [-0.1, -0.05) is 12.1 Å². The maximum atomic E-state index is 5.76. The molecular formula is C17H24N2OS. The number of aryl methyl sites for hydroxylation is 1. The van der Waals surface area contributed by atoms with Crippen molar-refractivity contribution in [2.45, 2.75) is 52.8 Å². The third-order valence-corrected chi connectivity index (χ3v) is 4.10. The molecule has 0 saturated carbocycles. The lowest BCUT2D eigenvalue weighted by atomic mass is 10.1. The second-order valence-electron chi connectivity index (χ2n) is 5.64. The fourth-order valence-electron chi connectivity index (χ4n) is 2.27. The summed E-state index contributed by atoms with van der Waals surface area (Å²) in [4.78, 5) is 4.55. The van der Waals surface area contributed by atoms with Crippen LogP contribution in [0.2, 0.25) is 0 Å². The van der Waals surface area contributed by atoms with E-state index in [1.807, 2.05) is 32.9 Å².